The standard InChI is InChI=1S/C13H16N2O4/c16-11-6-5-9(7-14-11)13(18)19-8-12(17)15-10-3-1-2-4-10/h5-7,10H,1-4,8H2,(H,14,16)(H,15,17). The third kappa shape index (κ3) is 3.94. The van der Waals surface area contributed by atoms with E-state index in [0.29, 0.717) is 0 Å². The van der Waals surface area contributed by atoms with Gasteiger partial charge in [0.2, 0.25) is 5.56 Å². The van der Waals surface area contributed by atoms with Crippen LogP contribution in [0.25, 0.3) is 0 Å². The van der Waals surface area contributed by atoms with Gasteiger partial charge in [0.25, 0.3) is 5.91 Å². The number of amides is 1. The molecular weight excluding hydrogens is 248 g/mol. The first-order valence-electron chi connectivity index (χ1n) is 6.30. The van der Waals surface area contributed by atoms with E-state index in [-0.39, 0.29) is 29.7 Å². The molecule has 2 rings (SSSR count). The van der Waals surface area contributed by atoms with Gasteiger partial charge >= 0.3 is 5.97 Å². The van der Waals surface area contributed by atoms with E-state index >= 15 is 0 Å². The molecule has 1 amide bonds. The van der Waals surface area contributed by atoms with E-state index in [9.17, 15) is 14.4 Å². The highest BCUT2D eigenvalue weighted by atomic mass is 16.5. The molecule has 2 N–H and O–H groups in total. The summed E-state index contributed by atoms with van der Waals surface area (Å²) in [6.07, 6.45) is 5.49. The van der Waals surface area contributed by atoms with Gasteiger partial charge in [-0.15, -0.1) is 0 Å². The van der Waals surface area contributed by atoms with Crippen molar-refractivity contribution in [2.75, 3.05) is 6.61 Å². The fourth-order valence-corrected chi connectivity index (χ4v) is 2.09. The maximum atomic E-state index is 11.6. The number of esters is 1. The summed E-state index contributed by atoms with van der Waals surface area (Å²) < 4.78 is 4.87. The van der Waals surface area contributed by atoms with Gasteiger partial charge in [-0.05, 0) is 18.9 Å². The fraction of sp³-hybridized carbons (Fsp3) is 0.462. The molecule has 0 bridgehead atoms. The van der Waals surface area contributed by atoms with Gasteiger partial charge in [0, 0.05) is 18.3 Å². The van der Waals surface area contributed by atoms with E-state index in [0.717, 1.165) is 25.7 Å². The summed E-state index contributed by atoms with van der Waals surface area (Å²) in [4.78, 5) is 36.3. The van der Waals surface area contributed by atoms with E-state index < -0.39 is 5.97 Å². The van der Waals surface area contributed by atoms with Crippen LogP contribution in [0, 0.1) is 0 Å². The molecule has 1 aliphatic carbocycles. The molecule has 0 spiro atoms. The third-order valence-electron chi connectivity index (χ3n) is 3.07. The first-order valence-corrected chi connectivity index (χ1v) is 6.30. The molecule has 1 aliphatic rings. The second kappa shape index (κ2) is 6.17. The summed E-state index contributed by atoms with van der Waals surface area (Å²) in [6, 6.07) is 2.80. The number of ether oxygens (including phenoxy) is 1. The second-order valence-corrected chi connectivity index (χ2v) is 4.57. The van der Waals surface area contributed by atoms with Crippen LogP contribution < -0.4 is 10.9 Å². The Morgan fingerprint density at radius 1 is 1.32 bits per heavy atom. The van der Waals surface area contributed by atoms with E-state index in [1.165, 1.54) is 18.3 Å². The molecule has 0 aromatic carbocycles. The lowest BCUT2D eigenvalue weighted by Crippen LogP contribution is -2.35. The van der Waals surface area contributed by atoms with Gasteiger partial charge in [-0.2, -0.15) is 0 Å². The molecule has 6 nitrogen and oxygen atoms in total. The first kappa shape index (κ1) is 13.3. The summed E-state index contributed by atoms with van der Waals surface area (Å²) in [5.41, 5.74) is -0.0798. The number of aromatic amines is 1. The van der Waals surface area contributed by atoms with Crippen molar-refractivity contribution in [3.05, 3.63) is 34.2 Å². The number of rotatable bonds is 4. The maximum absolute atomic E-state index is 11.6. The first-order chi connectivity index (χ1) is 9.15. The molecule has 1 aromatic heterocycles. The number of carbonyl (C=O) groups excluding carboxylic acids is 2. The van der Waals surface area contributed by atoms with Crippen molar-refractivity contribution < 1.29 is 14.3 Å². The van der Waals surface area contributed by atoms with Gasteiger partial charge in [0.1, 0.15) is 0 Å². The van der Waals surface area contributed by atoms with Crippen molar-refractivity contribution >= 4 is 11.9 Å². The van der Waals surface area contributed by atoms with Crippen molar-refractivity contribution in [2.45, 2.75) is 31.7 Å². The minimum absolute atomic E-state index is 0.208. The van der Waals surface area contributed by atoms with Gasteiger partial charge in [0.15, 0.2) is 6.61 Å². The molecule has 0 unspecified atom stereocenters. The van der Waals surface area contributed by atoms with E-state index in [1.54, 1.807) is 0 Å². The molecule has 0 aliphatic heterocycles. The van der Waals surface area contributed by atoms with Crippen LogP contribution in [-0.4, -0.2) is 29.5 Å². The van der Waals surface area contributed by atoms with E-state index in [1.807, 2.05) is 0 Å². The lowest BCUT2D eigenvalue weighted by molar-refractivity contribution is -0.124. The average Bonchev–Trinajstić information content (AvgIpc) is 2.89. The van der Waals surface area contributed by atoms with Crippen LogP contribution in [0.5, 0.6) is 0 Å². The number of hydrogen-bond donors (Lipinski definition) is 2. The Morgan fingerprint density at radius 3 is 2.68 bits per heavy atom. The van der Waals surface area contributed by atoms with Crippen molar-refractivity contribution in [1.82, 2.24) is 10.3 Å². The smallest absolute Gasteiger partial charge is 0.340 e. The highest BCUT2D eigenvalue weighted by Crippen LogP contribution is 2.17. The third-order valence-corrected chi connectivity index (χ3v) is 3.07. The zero-order valence-electron chi connectivity index (χ0n) is 10.5. The number of nitrogens with one attached hydrogen (secondary N) is 2. The number of aromatic nitrogens is 1. The highest BCUT2D eigenvalue weighted by Gasteiger charge is 2.18. The molecule has 1 heterocycles. The van der Waals surface area contributed by atoms with Crippen LogP contribution in [0.3, 0.4) is 0 Å². The fourth-order valence-electron chi connectivity index (χ4n) is 2.09. The SMILES string of the molecule is O=C(COC(=O)c1ccc(=O)[nH]c1)NC1CCCC1. The van der Waals surface area contributed by atoms with E-state index in [2.05, 4.69) is 10.3 Å². The molecule has 1 saturated carbocycles. The van der Waals surface area contributed by atoms with Gasteiger partial charge in [-0.25, -0.2) is 4.79 Å². The minimum Gasteiger partial charge on any atom is -0.452 e. The normalized spacial score (nSPS) is 15.2. The topological polar surface area (TPSA) is 88.3 Å². The number of hydrogen-bond acceptors (Lipinski definition) is 4. The molecule has 0 atom stereocenters. The largest absolute Gasteiger partial charge is 0.452 e. The monoisotopic (exact) mass is 264 g/mol. The van der Waals surface area contributed by atoms with Gasteiger partial charge in [-0.3, -0.25) is 9.59 Å². The van der Waals surface area contributed by atoms with E-state index in [4.69, 9.17) is 4.74 Å². The Labute approximate surface area is 110 Å². The summed E-state index contributed by atoms with van der Waals surface area (Å²) >= 11 is 0. The predicted molar refractivity (Wildman–Crippen MR) is 67.7 cm³/mol. The summed E-state index contributed by atoms with van der Waals surface area (Å²) in [7, 11) is 0. The van der Waals surface area contributed by atoms with Crippen LogP contribution in [-0.2, 0) is 9.53 Å². The Bertz CT molecular complexity index is 497. The Kier molecular flexibility index (Phi) is 4.33. The Balaban J connectivity index is 1.78. The lowest BCUT2D eigenvalue weighted by atomic mass is 10.2. The molecule has 19 heavy (non-hydrogen) atoms. The van der Waals surface area contributed by atoms with Crippen LogP contribution >= 0.6 is 0 Å². The molecule has 1 aromatic rings. The van der Waals surface area contributed by atoms with Crippen molar-refractivity contribution in [2.24, 2.45) is 0 Å². The quantitative estimate of drug-likeness (QED) is 0.779. The zero-order valence-corrected chi connectivity index (χ0v) is 10.5. The lowest BCUT2D eigenvalue weighted by Gasteiger charge is -2.11. The molecular formula is C13H16N2O4. The molecule has 0 radical (unpaired) electrons. The van der Waals surface area contributed by atoms with Gasteiger partial charge in [-0.1, -0.05) is 12.8 Å². The molecule has 0 saturated heterocycles. The minimum atomic E-state index is -0.627. The maximum Gasteiger partial charge on any atom is 0.340 e. The summed E-state index contributed by atoms with van der Waals surface area (Å²) in [5.74, 6) is -0.914. The van der Waals surface area contributed by atoms with Crippen LogP contribution in [0.2, 0.25) is 0 Å². The van der Waals surface area contributed by atoms with Crippen molar-refractivity contribution in [3.63, 3.8) is 0 Å². The van der Waals surface area contributed by atoms with Crippen LogP contribution in [0.1, 0.15) is 36.0 Å². The summed E-state index contributed by atoms with van der Waals surface area (Å²) in [6.45, 7) is -0.297. The predicted octanol–water partition coefficient (Wildman–Crippen LogP) is 0.590. The summed E-state index contributed by atoms with van der Waals surface area (Å²) in [5, 5.41) is 2.82. The van der Waals surface area contributed by atoms with Crippen molar-refractivity contribution in [1.29, 1.82) is 0 Å². The van der Waals surface area contributed by atoms with Crippen LogP contribution in [0.15, 0.2) is 23.1 Å². The number of carbonyl (C=O) groups is 2. The van der Waals surface area contributed by atoms with Crippen molar-refractivity contribution in [3.8, 4) is 0 Å². The number of pyridine rings is 1. The van der Waals surface area contributed by atoms with Gasteiger partial charge < -0.3 is 15.0 Å². The second-order valence-electron chi connectivity index (χ2n) is 4.57. The molecule has 1 fully saturated rings. The Morgan fingerprint density at radius 2 is 2.05 bits per heavy atom. The Hall–Kier alpha value is -2.11. The number of H-pyrrole nitrogens is 1. The van der Waals surface area contributed by atoms with Gasteiger partial charge in [0.05, 0.1) is 5.56 Å². The van der Waals surface area contributed by atoms with Crippen LogP contribution in [0.4, 0.5) is 0 Å². The molecule has 6 heteroatoms. The highest BCUT2D eigenvalue weighted by molar-refractivity contribution is 5.90. The zero-order chi connectivity index (χ0) is 13.7. The average molecular weight is 264 g/mol. The molecule has 102 valence electrons.